The molecule has 3 rings (SSSR count). The number of aromatic nitrogens is 3. The van der Waals surface area contributed by atoms with Gasteiger partial charge in [0.05, 0.1) is 30.7 Å². The van der Waals surface area contributed by atoms with Gasteiger partial charge in [-0.05, 0) is 18.2 Å². The minimum Gasteiger partial charge on any atom is -0.481 e. The highest BCUT2D eigenvalue weighted by molar-refractivity contribution is 7.92. The number of oxazole rings is 1. The number of nitrogens with zero attached hydrogens (tertiary/aromatic N) is 3. The molecule has 132 valence electrons. The van der Waals surface area contributed by atoms with Gasteiger partial charge < -0.3 is 13.9 Å². The van der Waals surface area contributed by atoms with Crippen LogP contribution in [0.4, 0.5) is 5.95 Å². The number of methoxy groups -OCH3 is 2. The van der Waals surface area contributed by atoms with Crippen molar-refractivity contribution >= 4 is 27.1 Å². The first-order valence-corrected chi connectivity index (χ1v) is 8.42. The highest BCUT2D eigenvalue weighted by atomic mass is 32.2. The van der Waals surface area contributed by atoms with E-state index in [-0.39, 0.29) is 28.2 Å². The molecule has 0 saturated heterocycles. The van der Waals surface area contributed by atoms with Crippen molar-refractivity contribution < 1.29 is 22.3 Å². The van der Waals surface area contributed by atoms with Gasteiger partial charge in [-0.3, -0.25) is 4.57 Å². The highest BCUT2D eigenvalue weighted by Crippen LogP contribution is 2.22. The van der Waals surface area contributed by atoms with Crippen LogP contribution in [0, 0.1) is 0 Å². The molecule has 11 heteroatoms. The van der Waals surface area contributed by atoms with Crippen LogP contribution in [-0.2, 0) is 17.1 Å². The third-order valence-electron chi connectivity index (χ3n) is 3.40. The maximum absolute atomic E-state index is 12.6. The van der Waals surface area contributed by atoms with Crippen LogP contribution in [0.5, 0.6) is 11.8 Å². The standard InChI is InChI=1S/C14H14N4O6S/c1-18-9-6-8(4-5-10(9)24-14(18)19)25(20,21)17-13-15-11(22-2)7-12(16-13)23-3/h4-7H,1-3H3,(H,15,16,17). The molecular formula is C14H14N4O6S. The second-order valence-corrected chi connectivity index (χ2v) is 6.62. The Bertz CT molecular complexity index is 1080. The Morgan fingerprint density at radius 3 is 2.36 bits per heavy atom. The average Bonchev–Trinajstić information content (AvgIpc) is 2.88. The van der Waals surface area contributed by atoms with E-state index in [2.05, 4.69) is 14.7 Å². The molecule has 0 bridgehead atoms. The number of sulfonamides is 1. The second kappa shape index (κ2) is 6.09. The number of nitrogens with one attached hydrogen (secondary N) is 1. The molecule has 10 nitrogen and oxygen atoms in total. The zero-order valence-corrected chi connectivity index (χ0v) is 14.3. The van der Waals surface area contributed by atoms with Gasteiger partial charge in [0, 0.05) is 7.05 Å². The highest BCUT2D eigenvalue weighted by Gasteiger charge is 2.19. The molecule has 25 heavy (non-hydrogen) atoms. The molecule has 0 radical (unpaired) electrons. The molecule has 1 N–H and O–H groups in total. The summed E-state index contributed by atoms with van der Waals surface area (Å²) in [5.74, 6) is -0.523. The molecule has 1 aromatic carbocycles. The van der Waals surface area contributed by atoms with E-state index in [1.807, 2.05) is 0 Å². The summed E-state index contributed by atoms with van der Waals surface area (Å²) in [6, 6.07) is 5.44. The Morgan fingerprint density at radius 2 is 1.76 bits per heavy atom. The van der Waals surface area contributed by atoms with Crippen molar-refractivity contribution in [3.05, 3.63) is 34.8 Å². The molecule has 3 aromatic rings. The molecule has 0 spiro atoms. The summed E-state index contributed by atoms with van der Waals surface area (Å²) in [5.41, 5.74) is 0.628. The number of ether oxygens (including phenoxy) is 2. The average molecular weight is 366 g/mol. The fourth-order valence-electron chi connectivity index (χ4n) is 2.11. The number of hydrogen-bond acceptors (Lipinski definition) is 8. The zero-order valence-electron chi connectivity index (χ0n) is 13.5. The quantitative estimate of drug-likeness (QED) is 0.701. The zero-order chi connectivity index (χ0) is 18.2. The summed E-state index contributed by atoms with van der Waals surface area (Å²) in [6.07, 6.45) is 0. The first kappa shape index (κ1) is 16.8. The van der Waals surface area contributed by atoms with E-state index in [9.17, 15) is 13.2 Å². The van der Waals surface area contributed by atoms with Crippen LogP contribution in [0.1, 0.15) is 0 Å². The van der Waals surface area contributed by atoms with Crippen molar-refractivity contribution in [1.82, 2.24) is 14.5 Å². The molecule has 0 aliphatic rings. The van der Waals surface area contributed by atoms with Crippen molar-refractivity contribution in [2.24, 2.45) is 7.05 Å². The smallest absolute Gasteiger partial charge is 0.419 e. The SMILES string of the molecule is COc1cc(OC)nc(NS(=O)(=O)c2ccc3oc(=O)n(C)c3c2)n1. The predicted octanol–water partition coefficient (Wildman–Crippen LogP) is 0.739. The van der Waals surface area contributed by atoms with Crippen LogP contribution in [0.2, 0.25) is 0 Å². The van der Waals surface area contributed by atoms with Crippen molar-refractivity contribution in [1.29, 1.82) is 0 Å². The lowest BCUT2D eigenvalue weighted by atomic mass is 10.3. The van der Waals surface area contributed by atoms with Crippen LogP contribution in [-0.4, -0.2) is 37.2 Å². The van der Waals surface area contributed by atoms with Crippen LogP contribution in [0.3, 0.4) is 0 Å². The lowest BCUT2D eigenvalue weighted by molar-refractivity contribution is 0.373. The van der Waals surface area contributed by atoms with Crippen LogP contribution in [0.15, 0.2) is 38.4 Å². The number of rotatable bonds is 5. The minimum absolute atomic E-state index is 0.0817. The Balaban J connectivity index is 2.02. The van der Waals surface area contributed by atoms with Gasteiger partial charge in [-0.25, -0.2) is 17.9 Å². The lowest BCUT2D eigenvalue weighted by Crippen LogP contribution is -2.16. The van der Waals surface area contributed by atoms with E-state index in [0.29, 0.717) is 5.52 Å². The fraction of sp³-hybridized carbons (Fsp3) is 0.214. The summed E-state index contributed by atoms with van der Waals surface area (Å²) < 4.78 is 43.5. The summed E-state index contributed by atoms with van der Waals surface area (Å²) >= 11 is 0. The summed E-state index contributed by atoms with van der Waals surface area (Å²) in [7, 11) is 0.239. The topological polar surface area (TPSA) is 126 Å². The van der Waals surface area contributed by atoms with E-state index in [1.54, 1.807) is 0 Å². The Kier molecular flexibility index (Phi) is 4.08. The molecule has 2 heterocycles. The van der Waals surface area contributed by atoms with Gasteiger partial charge in [0.2, 0.25) is 17.7 Å². The Labute approximate surface area is 142 Å². The molecule has 0 aliphatic carbocycles. The van der Waals surface area contributed by atoms with Crippen LogP contribution < -0.4 is 20.0 Å². The maximum atomic E-state index is 12.6. The lowest BCUT2D eigenvalue weighted by Gasteiger charge is -2.09. The van der Waals surface area contributed by atoms with Gasteiger partial charge in [0.1, 0.15) is 0 Å². The van der Waals surface area contributed by atoms with E-state index >= 15 is 0 Å². The maximum Gasteiger partial charge on any atom is 0.419 e. The number of hydrogen-bond donors (Lipinski definition) is 1. The van der Waals surface area contributed by atoms with Gasteiger partial charge in [0.25, 0.3) is 10.0 Å². The number of anilines is 1. The monoisotopic (exact) mass is 366 g/mol. The molecule has 0 aliphatic heterocycles. The first-order valence-electron chi connectivity index (χ1n) is 6.93. The van der Waals surface area contributed by atoms with Crippen LogP contribution >= 0.6 is 0 Å². The Hall–Kier alpha value is -3.08. The van der Waals surface area contributed by atoms with Gasteiger partial charge in [0.15, 0.2) is 5.58 Å². The molecular weight excluding hydrogens is 352 g/mol. The summed E-state index contributed by atoms with van der Waals surface area (Å²) in [5, 5.41) is 0. The van der Waals surface area contributed by atoms with Gasteiger partial charge >= 0.3 is 5.76 Å². The summed E-state index contributed by atoms with van der Waals surface area (Å²) in [4.78, 5) is 19.3. The minimum atomic E-state index is -4.01. The van der Waals surface area contributed by atoms with Crippen LogP contribution in [0.25, 0.3) is 11.1 Å². The van der Waals surface area contributed by atoms with Crippen molar-refractivity contribution in [3.8, 4) is 11.8 Å². The first-order chi connectivity index (χ1) is 11.8. The third-order valence-corrected chi connectivity index (χ3v) is 4.72. The fourth-order valence-corrected chi connectivity index (χ4v) is 3.07. The van der Waals surface area contributed by atoms with Crippen molar-refractivity contribution in [2.75, 3.05) is 18.9 Å². The molecule has 0 atom stereocenters. The summed E-state index contributed by atoms with van der Waals surface area (Å²) in [6.45, 7) is 0. The second-order valence-electron chi connectivity index (χ2n) is 4.94. The van der Waals surface area contributed by atoms with Gasteiger partial charge in [-0.15, -0.1) is 0 Å². The number of benzene rings is 1. The molecule has 2 aromatic heterocycles. The number of fused-ring (bicyclic) bond motifs is 1. The van der Waals surface area contributed by atoms with Gasteiger partial charge in [-0.2, -0.15) is 9.97 Å². The van der Waals surface area contributed by atoms with Gasteiger partial charge in [-0.1, -0.05) is 0 Å². The predicted molar refractivity (Wildman–Crippen MR) is 87.4 cm³/mol. The molecule has 0 amide bonds. The van der Waals surface area contributed by atoms with E-state index < -0.39 is 15.8 Å². The normalized spacial score (nSPS) is 11.5. The molecule has 0 saturated carbocycles. The Morgan fingerprint density at radius 1 is 1.12 bits per heavy atom. The number of aryl methyl sites for hydroxylation is 1. The van der Waals surface area contributed by atoms with E-state index in [4.69, 9.17) is 13.9 Å². The van der Waals surface area contributed by atoms with E-state index in [0.717, 1.165) is 0 Å². The molecule has 0 fully saturated rings. The molecule has 0 unspecified atom stereocenters. The van der Waals surface area contributed by atoms with Crippen molar-refractivity contribution in [3.63, 3.8) is 0 Å². The largest absolute Gasteiger partial charge is 0.481 e. The van der Waals surface area contributed by atoms with Crippen molar-refractivity contribution in [2.45, 2.75) is 4.90 Å². The third kappa shape index (κ3) is 3.13. The van der Waals surface area contributed by atoms with E-state index in [1.165, 1.54) is 50.1 Å².